The quantitative estimate of drug-likeness (QED) is 0.628. The summed E-state index contributed by atoms with van der Waals surface area (Å²) >= 11 is 0. The molecule has 0 aliphatic heterocycles. The summed E-state index contributed by atoms with van der Waals surface area (Å²) in [5.41, 5.74) is 2.34. The highest BCUT2D eigenvalue weighted by Crippen LogP contribution is 2.16. The number of aryl methyl sites for hydroxylation is 2. The lowest BCUT2D eigenvalue weighted by Crippen LogP contribution is -2.32. The Hall–Kier alpha value is -1.77. The smallest absolute Gasteiger partial charge is 0.230 e. The number of aromatic nitrogens is 3. The fourth-order valence-corrected chi connectivity index (χ4v) is 1.43. The molecule has 70 valence electrons. The zero-order chi connectivity index (χ0) is 9.97. The van der Waals surface area contributed by atoms with Crippen molar-refractivity contribution < 1.29 is 4.57 Å². The lowest BCUT2D eigenvalue weighted by atomic mass is 10.1. The summed E-state index contributed by atoms with van der Waals surface area (Å²) in [6.45, 7) is 2.07. The molecule has 0 unspecified atom stereocenters. The second-order valence-corrected chi connectivity index (χ2v) is 3.26. The average Bonchev–Trinajstić information content (AvgIpc) is 2.20. The van der Waals surface area contributed by atoms with Crippen LogP contribution < -0.4 is 4.57 Å². The van der Waals surface area contributed by atoms with Gasteiger partial charge in [0, 0.05) is 0 Å². The Bertz CT molecular complexity index is 408. The van der Waals surface area contributed by atoms with Crippen LogP contribution in [0.15, 0.2) is 36.7 Å². The van der Waals surface area contributed by atoms with E-state index in [0.717, 1.165) is 11.4 Å². The molecule has 3 heteroatoms. The monoisotopic (exact) mass is 186 g/mol. The minimum absolute atomic E-state index is 0.894. The Morgan fingerprint density at radius 3 is 2.71 bits per heavy atom. The fraction of sp³-hybridized carbons (Fsp3) is 0.182. The van der Waals surface area contributed by atoms with Gasteiger partial charge < -0.3 is 0 Å². The Labute approximate surface area is 83.1 Å². The van der Waals surface area contributed by atoms with E-state index in [9.17, 15) is 0 Å². The topological polar surface area (TPSA) is 29.7 Å². The van der Waals surface area contributed by atoms with Gasteiger partial charge in [0.1, 0.15) is 12.4 Å². The van der Waals surface area contributed by atoms with E-state index in [1.165, 1.54) is 5.56 Å². The summed E-state index contributed by atoms with van der Waals surface area (Å²) in [5, 5.41) is 8.01. The SMILES string of the molecule is Cc1ccccc1-c1nncc[n+]1C. The van der Waals surface area contributed by atoms with Gasteiger partial charge in [-0.05, 0) is 23.7 Å². The third kappa shape index (κ3) is 1.48. The predicted molar refractivity (Wildman–Crippen MR) is 53.4 cm³/mol. The molecule has 0 aliphatic rings. The number of hydrogen-bond donors (Lipinski definition) is 0. The maximum atomic E-state index is 4.12. The first-order valence-electron chi connectivity index (χ1n) is 4.52. The zero-order valence-corrected chi connectivity index (χ0v) is 8.31. The predicted octanol–water partition coefficient (Wildman–Crippen LogP) is 1.28. The second kappa shape index (κ2) is 3.54. The van der Waals surface area contributed by atoms with E-state index in [-0.39, 0.29) is 0 Å². The molecule has 0 atom stereocenters. The van der Waals surface area contributed by atoms with Gasteiger partial charge in [0.25, 0.3) is 0 Å². The minimum Gasteiger partial charge on any atom is -0.230 e. The Morgan fingerprint density at radius 1 is 1.21 bits per heavy atom. The molecule has 1 heterocycles. The third-order valence-corrected chi connectivity index (χ3v) is 2.23. The lowest BCUT2D eigenvalue weighted by Gasteiger charge is -1.99. The molecule has 3 nitrogen and oxygen atoms in total. The first-order valence-corrected chi connectivity index (χ1v) is 4.52. The van der Waals surface area contributed by atoms with E-state index in [0.29, 0.717) is 0 Å². The van der Waals surface area contributed by atoms with Gasteiger partial charge in [0.15, 0.2) is 0 Å². The molecule has 0 saturated carbocycles. The maximum Gasteiger partial charge on any atom is 0.357 e. The second-order valence-electron chi connectivity index (χ2n) is 3.26. The van der Waals surface area contributed by atoms with Crippen LogP contribution in [0.3, 0.4) is 0 Å². The van der Waals surface area contributed by atoms with Crippen molar-refractivity contribution in [2.75, 3.05) is 0 Å². The van der Waals surface area contributed by atoms with Crippen LogP contribution in [0.25, 0.3) is 11.4 Å². The van der Waals surface area contributed by atoms with Crippen molar-refractivity contribution >= 4 is 0 Å². The minimum atomic E-state index is 0.894. The lowest BCUT2D eigenvalue weighted by molar-refractivity contribution is -0.663. The molecule has 0 saturated heterocycles. The molecule has 0 fully saturated rings. The molecule has 1 aromatic carbocycles. The highest BCUT2D eigenvalue weighted by atomic mass is 15.2. The van der Waals surface area contributed by atoms with E-state index < -0.39 is 0 Å². The third-order valence-electron chi connectivity index (χ3n) is 2.23. The molecule has 0 aliphatic carbocycles. The molecule has 1 aromatic heterocycles. The van der Waals surface area contributed by atoms with Crippen molar-refractivity contribution in [1.29, 1.82) is 0 Å². The van der Waals surface area contributed by atoms with Crippen molar-refractivity contribution in [2.45, 2.75) is 6.92 Å². The molecule has 0 N–H and O–H groups in total. The maximum absolute atomic E-state index is 4.12. The van der Waals surface area contributed by atoms with Gasteiger partial charge in [-0.15, -0.1) is 0 Å². The van der Waals surface area contributed by atoms with Gasteiger partial charge in [-0.2, -0.15) is 0 Å². The molecular weight excluding hydrogens is 174 g/mol. The van der Waals surface area contributed by atoms with Crippen LogP contribution in [0, 0.1) is 6.92 Å². The van der Waals surface area contributed by atoms with E-state index >= 15 is 0 Å². The molecule has 14 heavy (non-hydrogen) atoms. The van der Waals surface area contributed by atoms with Crippen molar-refractivity contribution in [3.05, 3.63) is 42.2 Å². The number of hydrogen-bond acceptors (Lipinski definition) is 2. The van der Waals surface area contributed by atoms with Crippen molar-refractivity contribution in [3.8, 4) is 11.4 Å². The van der Waals surface area contributed by atoms with E-state index in [4.69, 9.17) is 0 Å². The van der Waals surface area contributed by atoms with Crippen LogP contribution in [0.4, 0.5) is 0 Å². The Morgan fingerprint density at radius 2 is 2.00 bits per heavy atom. The van der Waals surface area contributed by atoms with Crippen LogP contribution in [-0.4, -0.2) is 10.2 Å². The molecule has 0 radical (unpaired) electrons. The summed E-state index contributed by atoms with van der Waals surface area (Å²) in [6, 6.07) is 8.16. The molecule has 0 amide bonds. The number of benzene rings is 1. The van der Waals surface area contributed by atoms with Crippen LogP contribution in [0.2, 0.25) is 0 Å². The fourth-order valence-electron chi connectivity index (χ4n) is 1.43. The van der Waals surface area contributed by atoms with Gasteiger partial charge in [0.05, 0.1) is 17.7 Å². The van der Waals surface area contributed by atoms with Crippen molar-refractivity contribution in [3.63, 3.8) is 0 Å². The van der Waals surface area contributed by atoms with Gasteiger partial charge in [0.2, 0.25) is 0 Å². The molecule has 0 spiro atoms. The van der Waals surface area contributed by atoms with E-state index in [1.54, 1.807) is 6.20 Å². The summed E-state index contributed by atoms with van der Waals surface area (Å²) in [7, 11) is 1.97. The van der Waals surface area contributed by atoms with Crippen LogP contribution >= 0.6 is 0 Å². The largest absolute Gasteiger partial charge is 0.357 e. The van der Waals surface area contributed by atoms with E-state index in [1.807, 2.05) is 29.9 Å². The summed E-state index contributed by atoms with van der Waals surface area (Å²) in [6.07, 6.45) is 3.58. The number of rotatable bonds is 1. The van der Waals surface area contributed by atoms with Gasteiger partial charge in [-0.25, -0.2) is 4.57 Å². The van der Waals surface area contributed by atoms with Gasteiger partial charge in [-0.1, -0.05) is 18.2 Å². The van der Waals surface area contributed by atoms with Crippen molar-refractivity contribution in [2.24, 2.45) is 7.05 Å². The van der Waals surface area contributed by atoms with Gasteiger partial charge in [-0.3, -0.25) is 0 Å². The van der Waals surface area contributed by atoms with Crippen LogP contribution in [0.5, 0.6) is 0 Å². The summed E-state index contributed by atoms with van der Waals surface area (Å²) < 4.78 is 1.97. The average molecular weight is 186 g/mol. The normalized spacial score (nSPS) is 10.1. The van der Waals surface area contributed by atoms with E-state index in [2.05, 4.69) is 29.3 Å². The standard InChI is InChI=1S/C11H12N3/c1-9-5-3-4-6-10(9)11-13-12-7-8-14(11)2/h3-8H,1-2H3/q+1. The molecule has 2 rings (SSSR count). The first-order chi connectivity index (χ1) is 6.79. The molecule has 2 aromatic rings. The van der Waals surface area contributed by atoms with Crippen LogP contribution in [0.1, 0.15) is 5.56 Å². The Balaban J connectivity index is 2.61. The molecule has 0 bridgehead atoms. The highest BCUT2D eigenvalue weighted by molar-refractivity contribution is 5.56. The number of nitrogens with zero attached hydrogens (tertiary/aromatic N) is 3. The van der Waals surface area contributed by atoms with Crippen LogP contribution in [-0.2, 0) is 7.05 Å². The highest BCUT2D eigenvalue weighted by Gasteiger charge is 2.13. The van der Waals surface area contributed by atoms with Crippen molar-refractivity contribution in [1.82, 2.24) is 10.2 Å². The van der Waals surface area contributed by atoms with Gasteiger partial charge >= 0.3 is 5.82 Å². The zero-order valence-electron chi connectivity index (χ0n) is 8.31. The first kappa shape index (κ1) is 8.81. The Kier molecular flexibility index (Phi) is 2.23. The summed E-state index contributed by atoms with van der Waals surface area (Å²) in [4.78, 5) is 0. The summed E-state index contributed by atoms with van der Waals surface area (Å²) in [5.74, 6) is 0.894. The molecular formula is C11H12N3+.